The van der Waals surface area contributed by atoms with Crippen LogP contribution in [-0.4, -0.2) is 38.9 Å². The normalized spacial score (nSPS) is 23.6. The highest BCUT2D eigenvalue weighted by atomic mass is 16.6. The number of ether oxygens (including phenoxy) is 1. The number of allylic oxidation sites excluding steroid dienone is 1. The van der Waals surface area contributed by atoms with Crippen LogP contribution in [0, 0.1) is 16.0 Å². The minimum absolute atomic E-state index is 0.103. The Morgan fingerprint density at radius 1 is 1.48 bits per heavy atom. The molecule has 1 heterocycles. The van der Waals surface area contributed by atoms with Crippen molar-refractivity contribution in [3.63, 3.8) is 0 Å². The Morgan fingerprint density at radius 2 is 2.16 bits per heavy atom. The van der Waals surface area contributed by atoms with Gasteiger partial charge in [0, 0.05) is 6.20 Å². The molecule has 2 N–H and O–H groups in total. The Balaban J connectivity index is 2.31. The first-order valence-corrected chi connectivity index (χ1v) is 8.05. The number of carbonyl (C=O) groups excluding carboxylic acids is 1. The fourth-order valence-corrected chi connectivity index (χ4v) is 2.78. The Hall–Kier alpha value is -2.48. The van der Waals surface area contributed by atoms with Gasteiger partial charge in [0.05, 0.1) is 22.6 Å². The zero-order chi connectivity index (χ0) is 18.8. The molecule has 0 bridgehead atoms. The molecule has 8 heteroatoms. The first-order chi connectivity index (χ1) is 11.6. The number of hydrogen-bond donors (Lipinski definition) is 2. The topological polar surface area (TPSA) is 115 Å². The van der Waals surface area contributed by atoms with Crippen molar-refractivity contribution < 1.29 is 19.6 Å². The quantitative estimate of drug-likeness (QED) is 0.640. The van der Waals surface area contributed by atoms with E-state index in [2.05, 4.69) is 10.3 Å². The third kappa shape index (κ3) is 4.76. The van der Waals surface area contributed by atoms with Gasteiger partial charge < -0.3 is 15.2 Å². The molecule has 0 aromatic carbocycles. The maximum atomic E-state index is 12.0. The molecule has 2 rings (SSSR count). The lowest BCUT2D eigenvalue weighted by atomic mass is 9.82. The molecule has 0 spiro atoms. The lowest BCUT2D eigenvalue weighted by Gasteiger charge is -2.33. The van der Waals surface area contributed by atoms with Crippen LogP contribution in [0.5, 0.6) is 0 Å². The summed E-state index contributed by atoms with van der Waals surface area (Å²) in [5, 5.41) is 24.2. The molecular weight excluding hydrogens is 326 g/mol. The molecule has 1 amide bonds. The highest BCUT2D eigenvalue weighted by molar-refractivity contribution is 5.75. The van der Waals surface area contributed by atoms with Gasteiger partial charge in [-0.15, -0.1) is 0 Å². The lowest BCUT2D eigenvalue weighted by molar-refractivity contribution is -0.385. The number of nitro groups is 1. The molecular formula is C17H23N3O5. The third-order valence-corrected chi connectivity index (χ3v) is 3.90. The maximum absolute atomic E-state index is 12.0. The van der Waals surface area contributed by atoms with Gasteiger partial charge in [0.2, 0.25) is 0 Å². The van der Waals surface area contributed by atoms with Crippen molar-refractivity contribution >= 4 is 17.4 Å². The minimum atomic E-state index is -0.808. The molecule has 0 fully saturated rings. The van der Waals surface area contributed by atoms with Crippen LogP contribution < -0.4 is 5.32 Å². The number of rotatable bonds is 3. The summed E-state index contributed by atoms with van der Waals surface area (Å²) in [6, 6.07) is 0.875. The number of hydrogen-bond acceptors (Lipinski definition) is 6. The van der Waals surface area contributed by atoms with Gasteiger partial charge in [-0.2, -0.15) is 0 Å². The van der Waals surface area contributed by atoms with Crippen LogP contribution in [-0.2, 0) is 4.74 Å². The van der Waals surface area contributed by atoms with Gasteiger partial charge in [0.1, 0.15) is 11.8 Å². The Labute approximate surface area is 146 Å². The molecule has 0 saturated heterocycles. The summed E-state index contributed by atoms with van der Waals surface area (Å²) < 4.78 is 5.22. The maximum Gasteiger partial charge on any atom is 0.408 e. The zero-order valence-corrected chi connectivity index (χ0v) is 14.7. The summed E-state index contributed by atoms with van der Waals surface area (Å²) in [6.07, 6.45) is 3.33. The van der Waals surface area contributed by atoms with E-state index in [0.717, 1.165) is 0 Å². The van der Waals surface area contributed by atoms with Crippen molar-refractivity contribution in [2.75, 3.05) is 0 Å². The average molecular weight is 349 g/mol. The van der Waals surface area contributed by atoms with E-state index in [1.54, 1.807) is 32.9 Å². The summed E-state index contributed by atoms with van der Waals surface area (Å²) in [4.78, 5) is 26.5. The molecule has 0 aliphatic heterocycles. The van der Waals surface area contributed by atoms with Crippen molar-refractivity contribution in [3.8, 4) is 0 Å². The Kier molecular flexibility index (Phi) is 5.42. The van der Waals surface area contributed by atoms with Gasteiger partial charge in [0.15, 0.2) is 0 Å². The number of pyridine rings is 1. The summed E-state index contributed by atoms with van der Waals surface area (Å²) in [5.41, 5.74) is 0.363. The molecule has 136 valence electrons. The Morgan fingerprint density at radius 3 is 2.76 bits per heavy atom. The molecule has 1 aliphatic carbocycles. The van der Waals surface area contributed by atoms with E-state index in [0.29, 0.717) is 17.6 Å². The lowest BCUT2D eigenvalue weighted by Crippen LogP contribution is -2.48. The molecule has 3 unspecified atom stereocenters. The van der Waals surface area contributed by atoms with Crippen molar-refractivity contribution in [2.24, 2.45) is 5.92 Å². The molecule has 25 heavy (non-hydrogen) atoms. The van der Waals surface area contributed by atoms with Crippen LogP contribution in [0.15, 0.2) is 24.5 Å². The predicted octanol–water partition coefficient (Wildman–Crippen LogP) is 2.67. The van der Waals surface area contributed by atoms with E-state index in [1.165, 1.54) is 12.4 Å². The van der Waals surface area contributed by atoms with Gasteiger partial charge >= 0.3 is 6.09 Å². The highest BCUT2D eigenvalue weighted by Gasteiger charge is 2.33. The van der Waals surface area contributed by atoms with Crippen LogP contribution in [0.2, 0.25) is 0 Å². The van der Waals surface area contributed by atoms with E-state index in [9.17, 15) is 20.0 Å². The third-order valence-electron chi connectivity index (χ3n) is 3.90. The van der Waals surface area contributed by atoms with Crippen molar-refractivity contribution in [1.82, 2.24) is 10.3 Å². The van der Waals surface area contributed by atoms with E-state index in [1.807, 2.05) is 6.92 Å². The fourth-order valence-electron chi connectivity index (χ4n) is 2.78. The first kappa shape index (κ1) is 18.9. The molecule has 1 aliphatic rings. The number of aromatic nitrogens is 1. The number of aliphatic hydroxyl groups excluding tert-OH is 1. The van der Waals surface area contributed by atoms with E-state index in [4.69, 9.17) is 4.74 Å². The second-order valence-corrected chi connectivity index (χ2v) is 7.19. The first-order valence-electron chi connectivity index (χ1n) is 8.05. The Bertz CT molecular complexity index is 696. The second kappa shape index (κ2) is 7.18. The van der Waals surface area contributed by atoms with Gasteiger partial charge in [-0.3, -0.25) is 15.1 Å². The minimum Gasteiger partial charge on any atom is -0.444 e. The molecule has 1 aromatic heterocycles. The summed E-state index contributed by atoms with van der Waals surface area (Å²) in [5.74, 6) is -0.187. The molecule has 1 aromatic rings. The van der Waals surface area contributed by atoms with Crippen LogP contribution in [0.3, 0.4) is 0 Å². The molecule has 3 atom stereocenters. The van der Waals surface area contributed by atoms with E-state index < -0.39 is 28.8 Å². The number of carbonyl (C=O) groups is 1. The van der Waals surface area contributed by atoms with Crippen LogP contribution in [0.1, 0.15) is 39.7 Å². The van der Waals surface area contributed by atoms with Crippen LogP contribution in [0.25, 0.3) is 5.57 Å². The number of alkyl carbamates (subject to hydrolysis) is 1. The van der Waals surface area contributed by atoms with Crippen molar-refractivity contribution in [2.45, 2.75) is 51.9 Å². The highest BCUT2D eigenvalue weighted by Crippen LogP contribution is 2.35. The molecule has 8 nitrogen and oxygen atoms in total. The smallest absolute Gasteiger partial charge is 0.408 e. The predicted molar refractivity (Wildman–Crippen MR) is 91.8 cm³/mol. The summed E-state index contributed by atoms with van der Waals surface area (Å²) >= 11 is 0. The zero-order valence-electron chi connectivity index (χ0n) is 14.7. The van der Waals surface area contributed by atoms with Crippen LogP contribution in [0.4, 0.5) is 10.5 Å². The largest absolute Gasteiger partial charge is 0.444 e. The van der Waals surface area contributed by atoms with Gasteiger partial charge in [-0.1, -0.05) is 13.0 Å². The number of amides is 1. The van der Waals surface area contributed by atoms with Gasteiger partial charge in [-0.05, 0) is 44.7 Å². The second-order valence-electron chi connectivity index (χ2n) is 7.19. The standard InChI is InChI=1S/C17H23N3O5/c1-10-7-11(12-5-6-18-9-14(12)20(23)24)8-13(15(10)21)19-16(22)25-17(2,3)4/h5-6,8-10,13,15,21H,7H2,1-4H3,(H,19,22). The summed E-state index contributed by atoms with van der Waals surface area (Å²) in [7, 11) is 0. The van der Waals surface area contributed by atoms with Gasteiger partial charge in [0.25, 0.3) is 5.69 Å². The number of nitrogens with zero attached hydrogens (tertiary/aromatic N) is 2. The monoisotopic (exact) mass is 349 g/mol. The SMILES string of the molecule is CC1CC(c2ccncc2[N+](=O)[O-])=CC(NC(=O)OC(C)(C)C)C1O. The number of nitrogens with one attached hydrogen (secondary N) is 1. The van der Waals surface area contributed by atoms with E-state index >= 15 is 0 Å². The molecule has 0 saturated carbocycles. The summed E-state index contributed by atoms with van der Waals surface area (Å²) in [6.45, 7) is 7.06. The average Bonchev–Trinajstić information content (AvgIpc) is 2.49. The number of aliphatic hydroxyl groups is 1. The van der Waals surface area contributed by atoms with E-state index in [-0.39, 0.29) is 11.6 Å². The molecule has 0 radical (unpaired) electrons. The fraction of sp³-hybridized carbons (Fsp3) is 0.529. The van der Waals surface area contributed by atoms with Crippen molar-refractivity contribution in [1.29, 1.82) is 0 Å². The van der Waals surface area contributed by atoms with Crippen molar-refractivity contribution in [3.05, 3.63) is 40.2 Å². The van der Waals surface area contributed by atoms with Gasteiger partial charge in [-0.25, -0.2) is 4.79 Å². The van der Waals surface area contributed by atoms with Crippen LogP contribution >= 0.6 is 0 Å².